The number of aliphatic hydroxyl groups excluding tert-OH is 1. The molecule has 4 fully saturated rings. The summed E-state index contributed by atoms with van der Waals surface area (Å²) in [4.78, 5) is 12.1. The monoisotopic (exact) mass is 252 g/mol. The molecule has 4 aliphatic rings. The lowest BCUT2D eigenvalue weighted by Crippen LogP contribution is -2.54. The molecule has 3 heteroatoms. The minimum Gasteiger partial charge on any atom is -0.469 e. The summed E-state index contributed by atoms with van der Waals surface area (Å²) in [6, 6.07) is 0. The fraction of sp³-hybridized carbons (Fsp3) is 0.933. The Labute approximate surface area is 109 Å². The normalized spacial score (nSPS) is 44.7. The zero-order valence-corrected chi connectivity index (χ0v) is 11.4. The van der Waals surface area contributed by atoms with Gasteiger partial charge in [0.15, 0.2) is 0 Å². The Balaban J connectivity index is 1.91. The average Bonchev–Trinajstić information content (AvgIpc) is 2.25. The van der Waals surface area contributed by atoms with Gasteiger partial charge in [-0.2, -0.15) is 0 Å². The zero-order chi connectivity index (χ0) is 12.9. The fourth-order valence-corrected chi connectivity index (χ4v) is 5.64. The lowest BCUT2D eigenvalue weighted by molar-refractivity contribution is -0.170. The second kappa shape index (κ2) is 4.22. The molecule has 0 aromatic rings. The lowest BCUT2D eigenvalue weighted by atomic mass is 9.46. The van der Waals surface area contributed by atoms with Crippen molar-refractivity contribution in [2.75, 3.05) is 7.11 Å². The number of esters is 1. The van der Waals surface area contributed by atoms with Gasteiger partial charge in [-0.1, -0.05) is 0 Å². The van der Waals surface area contributed by atoms with Crippen molar-refractivity contribution in [2.24, 2.45) is 29.1 Å². The Bertz CT molecular complexity index is 312. The molecular weight excluding hydrogens is 228 g/mol. The van der Waals surface area contributed by atoms with Crippen LogP contribution in [0.25, 0.3) is 0 Å². The van der Waals surface area contributed by atoms with Crippen LogP contribution in [0.3, 0.4) is 0 Å². The summed E-state index contributed by atoms with van der Waals surface area (Å²) in [5, 5.41) is 10.1. The Morgan fingerprint density at radius 2 is 1.61 bits per heavy atom. The highest BCUT2D eigenvalue weighted by Gasteiger charge is 2.57. The number of aliphatic hydroxyl groups is 1. The van der Waals surface area contributed by atoms with Crippen LogP contribution in [0.4, 0.5) is 0 Å². The molecule has 18 heavy (non-hydrogen) atoms. The van der Waals surface area contributed by atoms with Gasteiger partial charge in [-0.15, -0.1) is 0 Å². The van der Waals surface area contributed by atoms with Crippen molar-refractivity contribution < 1.29 is 14.6 Å². The summed E-state index contributed by atoms with van der Waals surface area (Å²) in [7, 11) is 1.44. The van der Waals surface area contributed by atoms with Crippen molar-refractivity contribution >= 4 is 5.97 Å². The summed E-state index contributed by atoms with van der Waals surface area (Å²) in [5.41, 5.74) is 0.0377. The second-order valence-electron chi connectivity index (χ2n) is 7.02. The van der Waals surface area contributed by atoms with Crippen molar-refractivity contribution in [3.05, 3.63) is 0 Å². The van der Waals surface area contributed by atoms with Gasteiger partial charge in [0.25, 0.3) is 0 Å². The number of ether oxygens (including phenoxy) is 1. The van der Waals surface area contributed by atoms with Crippen molar-refractivity contribution in [3.63, 3.8) is 0 Å². The molecule has 102 valence electrons. The van der Waals surface area contributed by atoms with E-state index in [-0.39, 0.29) is 17.3 Å². The molecule has 0 spiro atoms. The van der Waals surface area contributed by atoms with Gasteiger partial charge in [-0.3, -0.25) is 4.79 Å². The third-order valence-electron chi connectivity index (χ3n) is 5.68. The zero-order valence-electron chi connectivity index (χ0n) is 11.4. The summed E-state index contributed by atoms with van der Waals surface area (Å²) in [5.74, 6) is 1.87. The van der Waals surface area contributed by atoms with Gasteiger partial charge in [0.2, 0.25) is 0 Å². The SMILES string of the molecule is COC(=O)[C@@H]([C@@H](C)O)C12CC3CC(CC(C3)C1)C2. The van der Waals surface area contributed by atoms with Crippen LogP contribution in [-0.2, 0) is 9.53 Å². The van der Waals surface area contributed by atoms with Gasteiger partial charge in [0.05, 0.1) is 19.1 Å². The Morgan fingerprint density at radius 1 is 1.17 bits per heavy atom. The predicted molar refractivity (Wildman–Crippen MR) is 67.8 cm³/mol. The number of carbonyl (C=O) groups excluding carboxylic acids is 1. The first-order valence-electron chi connectivity index (χ1n) is 7.30. The molecule has 1 N–H and O–H groups in total. The maximum absolute atomic E-state index is 12.1. The first-order valence-corrected chi connectivity index (χ1v) is 7.30. The molecule has 2 atom stereocenters. The minimum atomic E-state index is -0.589. The summed E-state index contributed by atoms with van der Waals surface area (Å²) in [6.45, 7) is 1.75. The van der Waals surface area contributed by atoms with E-state index in [1.54, 1.807) is 6.92 Å². The maximum atomic E-state index is 12.1. The quantitative estimate of drug-likeness (QED) is 0.784. The highest BCUT2D eigenvalue weighted by Crippen LogP contribution is 2.63. The van der Waals surface area contributed by atoms with Crippen LogP contribution in [0.1, 0.15) is 45.4 Å². The number of hydrogen-bond acceptors (Lipinski definition) is 3. The van der Waals surface area contributed by atoms with Crippen molar-refractivity contribution in [3.8, 4) is 0 Å². The third-order valence-corrected chi connectivity index (χ3v) is 5.68. The van der Waals surface area contributed by atoms with Crippen molar-refractivity contribution in [1.82, 2.24) is 0 Å². The van der Waals surface area contributed by atoms with Gasteiger partial charge in [0, 0.05) is 0 Å². The number of hydrogen-bond donors (Lipinski definition) is 1. The smallest absolute Gasteiger partial charge is 0.311 e. The van der Waals surface area contributed by atoms with Gasteiger partial charge >= 0.3 is 5.97 Å². The van der Waals surface area contributed by atoms with Gasteiger partial charge < -0.3 is 9.84 Å². The molecule has 0 unspecified atom stereocenters. The summed E-state index contributed by atoms with van der Waals surface area (Å²) >= 11 is 0. The van der Waals surface area contributed by atoms with E-state index >= 15 is 0 Å². The first-order chi connectivity index (χ1) is 8.54. The fourth-order valence-electron chi connectivity index (χ4n) is 5.64. The van der Waals surface area contributed by atoms with E-state index in [9.17, 15) is 9.90 Å². The van der Waals surface area contributed by atoms with Crippen LogP contribution in [0.2, 0.25) is 0 Å². The highest BCUT2D eigenvalue weighted by molar-refractivity contribution is 5.74. The van der Waals surface area contributed by atoms with E-state index in [4.69, 9.17) is 4.74 Å². The van der Waals surface area contributed by atoms with E-state index < -0.39 is 6.10 Å². The Hall–Kier alpha value is -0.570. The molecular formula is C15H24O3. The number of carbonyl (C=O) groups is 1. The lowest BCUT2D eigenvalue weighted by Gasteiger charge is -2.59. The average molecular weight is 252 g/mol. The van der Waals surface area contributed by atoms with E-state index in [2.05, 4.69) is 0 Å². The molecule has 0 radical (unpaired) electrons. The summed E-state index contributed by atoms with van der Waals surface area (Å²) in [6.07, 6.45) is 6.86. The van der Waals surface area contributed by atoms with Crippen LogP contribution >= 0.6 is 0 Å². The molecule has 3 nitrogen and oxygen atoms in total. The molecule has 0 aromatic carbocycles. The van der Waals surface area contributed by atoms with E-state index in [1.807, 2.05) is 0 Å². The van der Waals surface area contributed by atoms with Crippen LogP contribution in [-0.4, -0.2) is 24.3 Å². The van der Waals surface area contributed by atoms with Gasteiger partial charge in [-0.05, 0) is 68.6 Å². The molecule has 4 saturated carbocycles. The van der Waals surface area contributed by atoms with Gasteiger partial charge in [-0.25, -0.2) is 0 Å². The molecule has 0 amide bonds. The van der Waals surface area contributed by atoms with E-state index in [0.717, 1.165) is 37.0 Å². The minimum absolute atomic E-state index is 0.0377. The largest absolute Gasteiger partial charge is 0.469 e. The molecule has 4 aliphatic carbocycles. The molecule has 0 aromatic heterocycles. The second-order valence-corrected chi connectivity index (χ2v) is 7.02. The Kier molecular flexibility index (Phi) is 2.92. The molecule has 4 bridgehead atoms. The predicted octanol–water partition coefficient (Wildman–Crippen LogP) is 2.37. The topological polar surface area (TPSA) is 46.5 Å². The molecule has 0 aliphatic heterocycles. The van der Waals surface area contributed by atoms with Crippen LogP contribution in [0.5, 0.6) is 0 Å². The van der Waals surface area contributed by atoms with E-state index in [1.165, 1.54) is 26.4 Å². The van der Waals surface area contributed by atoms with Gasteiger partial charge in [0.1, 0.15) is 0 Å². The van der Waals surface area contributed by atoms with Crippen molar-refractivity contribution in [2.45, 2.75) is 51.6 Å². The standard InChI is InChI=1S/C15H24O3/c1-9(16)13(14(17)18-2)15-6-10-3-11(7-15)5-12(4-10)8-15/h9-13,16H,3-8H2,1-2H3/t9-,10?,11?,12?,13-,15?/m1/s1. The highest BCUT2D eigenvalue weighted by atomic mass is 16.5. The van der Waals surface area contributed by atoms with Crippen LogP contribution in [0.15, 0.2) is 0 Å². The molecule has 0 heterocycles. The number of methoxy groups -OCH3 is 1. The third kappa shape index (κ3) is 1.78. The maximum Gasteiger partial charge on any atom is 0.311 e. The number of rotatable bonds is 3. The van der Waals surface area contributed by atoms with E-state index in [0.29, 0.717) is 0 Å². The van der Waals surface area contributed by atoms with Crippen molar-refractivity contribution in [1.29, 1.82) is 0 Å². The van der Waals surface area contributed by atoms with Crippen LogP contribution < -0.4 is 0 Å². The van der Waals surface area contributed by atoms with Crippen LogP contribution in [0, 0.1) is 29.1 Å². The molecule has 4 rings (SSSR count). The first kappa shape index (κ1) is 12.5. The molecule has 0 saturated heterocycles. The Morgan fingerprint density at radius 3 is 1.94 bits per heavy atom. The summed E-state index contributed by atoms with van der Waals surface area (Å²) < 4.78 is 4.96.